The molecule has 0 atom stereocenters. The van der Waals surface area contributed by atoms with Gasteiger partial charge in [0.15, 0.2) is 5.13 Å². The normalized spacial score (nSPS) is 14.8. The van der Waals surface area contributed by atoms with Crippen LogP contribution in [0.15, 0.2) is 55.0 Å². The van der Waals surface area contributed by atoms with E-state index in [4.69, 9.17) is 29.8 Å². The zero-order valence-electron chi connectivity index (χ0n) is 28.3. The molecule has 0 spiro atoms. The quantitative estimate of drug-likeness (QED) is 0.203. The highest BCUT2D eigenvalue weighted by atomic mass is 32.1. The zero-order valence-corrected chi connectivity index (χ0v) is 29.1. The van der Waals surface area contributed by atoms with Crippen molar-refractivity contribution in [2.75, 3.05) is 56.1 Å². The molecular formula is C35H38FN11O3S. The first-order valence-corrected chi connectivity index (χ1v) is 17.5. The van der Waals surface area contributed by atoms with Gasteiger partial charge in [-0.25, -0.2) is 29.1 Å². The molecule has 2 fully saturated rings. The summed E-state index contributed by atoms with van der Waals surface area (Å²) in [6.45, 7) is 6.27. The van der Waals surface area contributed by atoms with Gasteiger partial charge in [-0.05, 0) is 68.8 Å². The lowest BCUT2D eigenvalue weighted by molar-refractivity contribution is -0.122. The average Bonchev–Trinajstić information content (AvgIpc) is 3.77. The zero-order chi connectivity index (χ0) is 35.9. The molecule has 264 valence electrons. The number of nitrogens with one attached hydrogen (secondary N) is 2. The molecule has 2 aliphatic heterocycles. The van der Waals surface area contributed by atoms with E-state index < -0.39 is 0 Å². The second-order valence-corrected chi connectivity index (χ2v) is 13.0. The van der Waals surface area contributed by atoms with Gasteiger partial charge in [0.2, 0.25) is 5.95 Å². The maximum absolute atomic E-state index is 13.6. The number of urea groups is 1. The van der Waals surface area contributed by atoms with Crippen molar-refractivity contribution in [2.24, 2.45) is 0 Å². The number of halogens is 1. The van der Waals surface area contributed by atoms with Gasteiger partial charge >= 0.3 is 6.03 Å². The smallest absolute Gasteiger partial charge is 0.317 e. The number of aryl methyl sites for hydroxylation is 1. The molecule has 0 saturated carbocycles. The van der Waals surface area contributed by atoms with Crippen LogP contribution >= 0.6 is 11.3 Å². The van der Waals surface area contributed by atoms with E-state index in [2.05, 4.69) is 28.5 Å². The van der Waals surface area contributed by atoms with E-state index in [1.54, 1.807) is 12.1 Å². The number of imidazole rings is 1. The van der Waals surface area contributed by atoms with Crippen molar-refractivity contribution in [2.45, 2.75) is 32.2 Å². The molecule has 0 unspecified atom stereocenters. The van der Waals surface area contributed by atoms with Crippen LogP contribution in [0.25, 0.3) is 28.0 Å². The van der Waals surface area contributed by atoms with E-state index in [9.17, 15) is 14.4 Å². The van der Waals surface area contributed by atoms with Crippen molar-refractivity contribution < 1.29 is 19.1 Å². The monoisotopic (exact) mass is 711 g/mol. The summed E-state index contributed by atoms with van der Waals surface area (Å²) in [5, 5.41) is 23.9. The molecule has 6 heterocycles. The molecule has 5 aromatic rings. The number of piperidine rings is 1. The van der Waals surface area contributed by atoms with E-state index in [0.717, 1.165) is 54.2 Å². The SMILES string of the molecule is CCc1nc2ccc(-c3cnc(N4CCN(C(=O)NC5CCNCC5)CC4)nc3)cn2c1N(C)c1nc(-c2ccc(F)cc2)c(C#N)s1.O=CO. The molecule has 0 bridgehead atoms. The van der Waals surface area contributed by atoms with Crippen LogP contribution in [-0.2, 0) is 11.2 Å². The number of aromatic nitrogens is 5. The second-order valence-electron chi connectivity index (χ2n) is 12.1. The molecular weight excluding hydrogens is 674 g/mol. The Kier molecular flexibility index (Phi) is 11.0. The van der Waals surface area contributed by atoms with Gasteiger partial charge < -0.3 is 30.4 Å². The van der Waals surface area contributed by atoms with Gasteiger partial charge in [-0.3, -0.25) is 9.20 Å². The van der Waals surface area contributed by atoms with Crippen LogP contribution in [0, 0.1) is 17.1 Å². The lowest BCUT2D eigenvalue weighted by Crippen LogP contribution is -2.54. The lowest BCUT2D eigenvalue weighted by Gasteiger charge is -2.36. The summed E-state index contributed by atoms with van der Waals surface area (Å²) in [5.74, 6) is 1.15. The van der Waals surface area contributed by atoms with Gasteiger partial charge in [-0.15, -0.1) is 0 Å². The van der Waals surface area contributed by atoms with Gasteiger partial charge in [-0.2, -0.15) is 5.26 Å². The highest BCUT2D eigenvalue weighted by Gasteiger charge is 2.26. The second kappa shape index (κ2) is 15.9. The number of benzene rings is 1. The number of carbonyl (C=O) groups is 2. The van der Waals surface area contributed by atoms with Crippen LogP contribution < -0.4 is 20.4 Å². The average molecular weight is 712 g/mol. The third kappa shape index (κ3) is 7.74. The molecule has 4 aromatic heterocycles. The highest BCUT2D eigenvalue weighted by Crippen LogP contribution is 2.37. The molecule has 1 aromatic carbocycles. The number of amides is 2. The van der Waals surface area contributed by atoms with Crippen LogP contribution in [0.5, 0.6) is 0 Å². The number of carboxylic acid groups (broad SMARTS) is 1. The van der Waals surface area contributed by atoms with Gasteiger partial charge in [0.25, 0.3) is 6.47 Å². The number of carbonyl (C=O) groups excluding carboxylic acids is 1. The fourth-order valence-corrected chi connectivity index (χ4v) is 7.09. The lowest BCUT2D eigenvalue weighted by atomic mass is 10.1. The Hall–Kier alpha value is -5.66. The minimum atomic E-state index is -0.342. The summed E-state index contributed by atoms with van der Waals surface area (Å²) in [6, 6.07) is 12.5. The Morgan fingerprint density at radius 1 is 1.08 bits per heavy atom. The van der Waals surface area contributed by atoms with Crippen molar-refractivity contribution in [3.63, 3.8) is 0 Å². The fraction of sp³-hybridized carbons (Fsp3) is 0.343. The number of hydrogen-bond donors (Lipinski definition) is 3. The number of nitriles is 1. The first kappa shape index (κ1) is 35.2. The van der Waals surface area contributed by atoms with Gasteiger partial charge in [0.05, 0.1) is 5.69 Å². The van der Waals surface area contributed by atoms with Gasteiger partial charge in [-0.1, -0.05) is 18.3 Å². The van der Waals surface area contributed by atoms with Crippen LogP contribution in [0.3, 0.4) is 0 Å². The number of piperazine rings is 1. The van der Waals surface area contributed by atoms with Crippen molar-refractivity contribution in [3.05, 3.63) is 71.4 Å². The van der Waals surface area contributed by atoms with Crippen molar-refractivity contribution >= 4 is 46.4 Å². The van der Waals surface area contributed by atoms with Crippen molar-refractivity contribution in [1.82, 2.24) is 39.9 Å². The Morgan fingerprint density at radius 2 is 1.75 bits per heavy atom. The topological polar surface area (TPSA) is 168 Å². The molecule has 2 amide bonds. The van der Waals surface area contributed by atoms with Crippen molar-refractivity contribution in [1.29, 1.82) is 5.26 Å². The summed E-state index contributed by atoms with van der Waals surface area (Å²) in [5.41, 5.74) is 4.67. The van der Waals surface area contributed by atoms with Crippen LogP contribution in [0.4, 0.5) is 26.1 Å². The predicted octanol–water partition coefficient (Wildman–Crippen LogP) is 4.54. The molecule has 51 heavy (non-hydrogen) atoms. The maximum atomic E-state index is 13.6. The Labute approximate surface area is 298 Å². The van der Waals surface area contributed by atoms with Crippen LogP contribution in [0.1, 0.15) is 30.3 Å². The molecule has 0 aliphatic carbocycles. The summed E-state index contributed by atoms with van der Waals surface area (Å²) in [6.07, 6.45) is 8.30. The van der Waals surface area contributed by atoms with E-state index in [1.807, 2.05) is 52.0 Å². The highest BCUT2D eigenvalue weighted by molar-refractivity contribution is 7.16. The van der Waals surface area contributed by atoms with E-state index in [-0.39, 0.29) is 24.4 Å². The standard InChI is InChI=1S/C34H36FN11OS.CH2O2/c1-3-27-31(43(2)34-42-30(28(18-36)48-34)22-4-7-25(35)8-5-22)46-21-23(6-9-29(46)41-27)24-19-38-32(39-20-24)44-14-16-45(17-15-44)33(47)40-26-10-12-37-13-11-26;2-1-3/h4-9,19-21,26,37H,3,10-17H2,1-2H3,(H,40,47);1H,(H,2,3). The molecule has 16 heteroatoms. The predicted molar refractivity (Wildman–Crippen MR) is 193 cm³/mol. The Balaban J connectivity index is 0.00000144. The minimum absolute atomic E-state index is 0.0117. The minimum Gasteiger partial charge on any atom is -0.483 e. The van der Waals surface area contributed by atoms with Gasteiger partial charge in [0.1, 0.15) is 33.9 Å². The van der Waals surface area contributed by atoms with E-state index in [0.29, 0.717) is 59.8 Å². The van der Waals surface area contributed by atoms with Crippen LogP contribution in [0.2, 0.25) is 0 Å². The first-order valence-electron chi connectivity index (χ1n) is 16.7. The maximum Gasteiger partial charge on any atom is 0.317 e. The number of anilines is 3. The number of rotatable bonds is 7. The molecule has 3 N–H and O–H groups in total. The number of thiazole rings is 1. The summed E-state index contributed by atoms with van der Waals surface area (Å²) < 4.78 is 15.6. The Morgan fingerprint density at radius 3 is 2.39 bits per heavy atom. The number of hydrogen-bond acceptors (Lipinski definition) is 11. The largest absolute Gasteiger partial charge is 0.483 e. The van der Waals surface area contributed by atoms with Gasteiger partial charge in [0, 0.05) is 74.5 Å². The molecule has 2 aliphatic rings. The fourth-order valence-electron chi connectivity index (χ4n) is 6.24. The van der Waals surface area contributed by atoms with E-state index >= 15 is 0 Å². The summed E-state index contributed by atoms with van der Waals surface area (Å²) in [4.78, 5) is 46.6. The first-order chi connectivity index (χ1) is 24.8. The third-order valence-electron chi connectivity index (χ3n) is 8.93. The summed E-state index contributed by atoms with van der Waals surface area (Å²) in [7, 11) is 1.92. The van der Waals surface area contributed by atoms with E-state index in [1.165, 1.54) is 23.5 Å². The summed E-state index contributed by atoms with van der Waals surface area (Å²) >= 11 is 1.28. The number of fused-ring (bicyclic) bond motifs is 1. The van der Waals surface area contributed by atoms with Crippen molar-refractivity contribution in [3.8, 4) is 28.5 Å². The molecule has 0 radical (unpaired) electrons. The number of pyridine rings is 1. The molecule has 7 rings (SSSR count). The molecule has 2 saturated heterocycles. The Bertz CT molecular complexity index is 2010. The number of nitrogens with zero attached hydrogens (tertiary/aromatic N) is 9. The third-order valence-corrected chi connectivity index (χ3v) is 9.96. The van der Waals surface area contributed by atoms with Crippen LogP contribution in [-0.4, -0.2) is 99.2 Å². The molecule has 14 nitrogen and oxygen atoms in total.